The Morgan fingerprint density at radius 3 is 2.67 bits per heavy atom. The largest absolute Gasteiger partial charge is 0.399 e. The van der Waals surface area contributed by atoms with E-state index in [2.05, 4.69) is 17.4 Å². The van der Waals surface area contributed by atoms with Gasteiger partial charge in [0.05, 0.1) is 5.92 Å². The van der Waals surface area contributed by atoms with Gasteiger partial charge in [-0.3, -0.25) is 4.79 Å². The van der Waals surface area contributed by atoms with Gasteiger partial charge in [-0.25, -0.2) is 0 Å². The highest BCUT2D eigenvalue weighted by Gasteiger charge is 2.14. The Balaban J connectivity index is 1.77. The number of hydrogen-bond acceptors (Lipinski definition) is 3. The van der Waals surface area contributed by atoms with Crippen LogP contribution in [-0.2, 0) is 4.79 Å². The van der Waals surface area contributed by atoms with E-state index in [0.717, 1.165) is 11.3 Å². The summed E-state index contributed by atoms with van der Waals surface area (Å²) in [6, 6.07) is 17.7. The fourth-order valence-corrected chi connectivity index (χ4v) is 2.78. The Morgan fingerprint density at radius 1 is 1.19 bits per heavy atom. The van der Waals surface area contributed by atoms with E-state index >= 15 is 0 Å². The molecule has 0 aliphatic carbocycles. The molecule has 0 aromatic heterocycles. The summed E-state index contributed by atoms with van der Waals surface area (Å²) in [6.45, 7) is 2.56. The monoisotopic (exact) mass is 300 g/mol. The molecule has 1 amide bonds. The molecule has 0 aliphatic heterocycles. The number of rotatable bonds is 6. The minimum atomic E-state index is -0.185. The highest BCUT2D eigenvalue weighted by molar-refractivity contribution is 7.99. The van der Waals surface area contributed by atoms with Gasteiger partial charge in [-0.1, -0.05) is 30.3 Å². The maximum Gasteiger partial charge on any atom is 0.227 e. The predicted molar refractivity (Wildman–Crippen MR) is 89.4 cm³/mol. The van der Waals surface area contributed by atoms with Crippen molar-refractivity contribution in [1.82, 2.24) is 5.32 Å². The lowest BCUT2D eigenvalue weighted by Crippen LogP contribution is -2.29. The van der Waals surface area contributed by atoms with Crippen LogP contribution in [0.3, 0.4) is 0 Å². The molecule has 110 valence electrons. The van der Waals surface area contributed by atoms with Crippen molar-refractivity contribution in [3.05, 3.63) is 60.2 Å². The van der Waals surface area contributed by atoms with Crippen LogP contribution in [0, 0.1) is 0 Å². The summed E-state index contributed by atoms with van der Waals surface area (Å²) >= 11 is 1.74. The highest BCUT2D eigenvalue weighted by atomic mass is 32.2. The number of amides is 1. The first kappa shape index (κ1) is 15.4. The molecule has 0 radical (unpaired) electrons. The van der Waals surface area contributed by atoms with Gasteiger partial charge in [0.25, 0.3) is 0 Å². The minimum Gasteiger partial charge on any atom is -0.399 e. The molecule has 3 N–H and O–H groups in total. The molecule has 2 aromatic carbocycles. The van der Waals surface area contributed by atoms with Gasteiger partial charge >= 0.3 is 0 Å². The predicted octanol–water partition coefficient (Wildman–Crippen LogP) is 3.28. The number of nitrogens with one attached hydrogen (secondary N) is 1. The van der Waals surface area contributed by atoms with E-state index < -0.39 is 0 Å². The zero-order chi connectivity index (χ0) is 15.1. The van der Waals surface area contributed by atoms with Gasteiger partial charge in [0.1, 0.15) is 0 Å². The maximum atomic E-state index is 12.1. The van der Waals surface area contributed by atoms with Gasteiger partial charge < -0.3 is 11.1 Å². The van der Waals surface area contributed by atoms with Gasteiger partial charge in [0.15, 0.2) is 0 Å². The molecule has 0 fully saturated rings. The van der Waals surface area contributed by atoms with Crippen LogP contribution in [0.1, 0.15) is 18.4 Å². The van der Waals surface area contributed by atoms with Crippen LogP contribution < -0.4 is 11.1 Å². The van der Waals surface area contributed by atoms with Crippen LogP contribution in [0.15, 0.2) is 59.5 Å². The van der Waals surface area contributed by atoms with Gasteiger partial charge in [-0.2, -0.15) is 0 Å². The summed E-state index contributed by atoms with van der Waals surface area (Å²) < 4.78 is 0. The first-order valence-electron chi connectivity index (χ1n) is 6.98. The lowest BCUT2D eigenvalue weighted by Gasteiger charge is -2.13. The topological polar surface area (TPSA) is 55.1 Å². The van der Waals surface area contributed by atoms with Crippen molar-refractivity contribution in [2.24, 2.45) is 0 Å². The SMILES string of the molecule is CC(C(=O)NCCSc1ccccc1)c1cccc(N)c1. The van der Waals surface area contributed by atoms with E-state index in [1.165, 1.54) is 4.90 Å². The van der Waals surface area contributed by atoms with Crippen molar-refractivity contribution >= 4 is 23.4 Å². The van der Waals surface area contributed by atoms with Gasteiger partial charge in [-0.05, 0) is 36.8 Å². The molecule has 1 atom stereocenters. The van der Waals surface area contributed by atoms with E-state index in [1.54, 1.807) is 11.8 Å². The molecule has 0 spiro atoms. The van der Waals surface area contributed by atoms with Crippen molar-refractivity contribution < 1.29 is 4.79 Å². The number of benzene rings is 2. The number of nitrogen functional groups attached to an aromatic ring is 1. The van der Waals surface area contributed by atoms with E-state index in [-0.39, 0.29) is 11.8 Å². The van der Waals surface area contributed by atoms with E-state index in [1.807, 2.05) is 49.4 Å². The summed E-state index contributed by atoms with van der Waals surface area (Å²) in [5, 5.41) is 2.97. The Labute approximate surface area is 129 Å². The second kappa shape index (κ2) is 7.74. The Bertz CT molecular complexity index is 586. The second-order valence-corrected chi connectivity index (χ2v) is 6.01. The van der Waals surface area contributed by atoms with E-state index in [0.29, 0.717) is 12.2 Å². The molecule has 0 bridgehead atoms. The van der Waals surface area contributed by atoms with Gasteiger partial charge in [-0.15, -0.1) is 11.8 Å². The summed E-state index contributed by atoms with van der Waals surface area (Å²) in [4.78, 5) is 13.3. The van der Waals surface area contributed by atoms with Crippen LogP contribution in [0.2, 0.25) is 0 Å². The molecule has 2 rings (SSSR count). The fraction of sp³-hybridized carbons (Fsp3) is 0.235. The van der Waals surface area contributed by atoms with Crippen molar-refractivity contribution in [3.63, 3.8) is 0 Å². The molecule has 21 heavy (non-hydrogen) atoms. The summed E-state index contributed by atoms with van der Waals surface area (Å²) in [5.74, 6) is 0.712. The first-order chi connectivity index (χ1) is 10.2. The zero-order valence-corrected chi connectivity index (χ0v) is 12.9. The van der Waals surface area contributed by atoms with Gasteiger partial charge in [0.2, 0.25) is 5.91 Å². The molecule has 4 heteroatoms. The first-order valence-corrected chi connectivity index (χ1v) is 7.96. The van der Waals surface area contributed by atoms with Crippen molar-refractivity contribution in [1.29, 1.82) is 0 Å². The Kier molecular flexibility index (Phi) is 5.69. The summed E-state index contributed by atoms with van der Waals surface area (Å²) in [7, 11) is 0. The summed E-state index contributed by atoms with van der Waals surface area (Å²) in [6.07, 6.45) is 0. The molecule has 0 heterocycles. The Hall–Kier alpha value is -1.94. The number of nitrogens with two attached hydrogens (primary N) is 1. The number of carbonyl (C=O) groups is 1. The Morgan fingerprint density at radius 2 is 1.95 bits per heavy atom. The molecular weight excluding hydrogens is 280 g/mol. The molecular formula is C17H20N2OS. The van der Waals surface area contributed by atoms with Crippen molar-refractivity contribution in [3.8, 4) is 0 Å². The molecule has 0 aliphatic rings. The van der Waals surface area contributed by atoms with Gasteiger partial charge in [0, 0.05) is 22.9 Å². The lowest BCUT2D eigenvalue weighted by atomic mass is 10.00. The highest BCUT2D eigenvalue weighted by Crippen LogP contribution is 2.18. The summed E-state index contributed by atoms with van der Waals surface area (Å²) in [5.41, 5.74) is 7.38. The normalized spacial score (nSPS) is 11.9. The third-order valence-corrected chi connectivity index (χ3v) is 4.23. The maximum absolute atomic E-state index is 12.1. The standard InChI is InChI=1S/C17H20N2OS/c1-13(14-6-5-7-15(18)12-14)17(20)19-10-11-21-16-8-3-2-4-9-16/h2-9,12-13H,10-11,18H2,1H3,(H,19,20). The second-order valence-electron chi connectivity index (χ2n) is 4.84. The fourth-order valence-electron chi connectivity index (χ4n) is 1.99. The average molecular weight is 300 g/mol. The van der Waals surface area contributed by atoms with E-state index in [4.69, 9.17) is 5.73 Å². The number of carbonyl (C=O) groups excluding carboxylic acids is 1. The molecule has 3 nitrogen and oxygen atoms in total. The minimum absolute atomic E-state index is 0.0364. The third kappa shape index (κ3) is 4.83. The number of thioether (sulfide) groups is 1. The van der Waals surface area contributed by atoms with Crippen LogP contribution in [0.25, 0.3) is 0 Å². The van der Waals surface area contributed by atoms with E-state index in [9.17, 15) is 4.79 Å². The number of hydrogen-bond donors (Lipinski definition) is 2. The average Bonchev–Trinajstić information content (AvgIpc) is 2.51. The van der Waals surface area contributed by atoms with Crippen molar-refractivity contribution in [2.75, 3.05) is 18.0 Å². The molecule has 2 aromatic rings. The van der Waals surface area contributed by atoms with Crippen LogP contribution in [-0.4, -0.2) is 18.2 Å². The van der Waals surface area contributed by atoms with Crippen molar-refractivity contribution in [2.45, 2.75) is 17.7 Å². The molecule has 0 saturated carbocycles. The van der Waals surface area contributed by atoms with Crippen LogP contribution in [0.5, 0.6) is 0 Å². The van der Waals surface area contributed by atoms with Crippen LogP contribution >= 0.6 is 11.8 Å². The molecule has 1 unspecified atom stereocenters. The molecule has 0 saturated heterocycles. The lowest BCUT2D eigenvalue weighted by molar-refractivity contribution is -0.122. The number of anilines is 1. The third-order valence-electron chi connectivity index (χ3n) is 3.22. The smallest absolute Gasteiger partial charge is 0.227 e. The zero-order valence-electron chi connectivity index (χ0n) is 12.1. The quantitative estimate of drug-likeness (QED) is 0.489. The van der Waals surface area contributed by atoms with Crippen LogP contribution in [0.4, 0.5) is 5.69 Å².